The summed E-state index contributed by atoms with van der Waals surface area (Å²) in [5, 5.41) is 4.12. The van der Waals surface area contributed by atoms with Crippen molar-refractivity contribution in [3.63, 3.8) is 0 Å². The lowest BCUT2D eigenvalue weighted by Crippen LogP contribution is -2.24. The van der Waals surface area contributed by atoms with Crippen LogP contribution in [0, 0.1) is 5.92 Å². The quantitative estimate of drug-likeness (QED) is 0.558. The van der Waals surface area contributed by atoms with Crippen molar-refractivity contribution in [2.45, 2.75) is 45.1 Å². The van der Waals surface area contributed by atoms with Gasteiger partial charge in [0.05, 0.1) is 5.71 Å². The number of oxime groups is 1. The Kier molecular flexibility index (Phi) is 1.84. The lowest BCUT2D eigenvalue weighted by atomic mass is 9.85. The van der Waals surface area contributed by atoms with Gasteiger partial charge in [0.15, 0.2) is 0 Å². The molecule has 0 spiro atoms. The molecule has 62 valence electrons. The van der Waals surface area contributed by atoms with Crippen LogP contribution in [0.3, 0.4) is 0 Å². The van der Waals surface area contributed by atoms with Crippen molar-refractivity contribution in [1.82, 2.24) is 0 Å². The van der Waals surface area contributed by atoms with Crippen LogP contribution in [0.2, 0.25) is 0 Å². The fraction of sp³-hybridized carbons (Fsp3) is 0.889. The van der Waals surface area contributed by atoms with Crippen LogP contribution in [-0.2, 0) is 4.84 Å². The van der Waals surface area contributed by atoms with Gasteiger partial charge in [0, 0.05) is 0 Å². The molecule has 2 rings (SSSR count). The third-order valence-corrected chi connectivity index (χ3v) is 2.55. The molecule has 0 atom stereocenters. The number of hydrogen-bond donors (Lipinski definition) is 0. The predicted molar refractivity (Wildman–Crippen MR) is 44.6 cm³/mol. The van der Waals surface area contributed by atoms with Crippen LogP contribution in [0.15, 0.2) is 5.16 Å². The molecule has 0 amide bonds. The summed E-state index contributed by atoms with van der Waals surface area (Å²) < 4.78 is 0. The molecular weight excluding hydrogens is 138 g/mol. The van der Waals surface area contributed by atoms with E-state index in [0.29, 0.717) is 6.10 Å². The van der Waals surface area contributed by atoms with Crippen molar-refractivity contribution in [2.24, 2.45) is 11.1 Å². The van der Waals surface area contributed by atoms with E-state index in [1.165, 1.54) is 25.0 Å². The predicted octanol–water partition coefficient (Wildman–Crippen LogP) is 2.34. The molecule has 0 aromatic heterocycles. The van der Waals surface area contributed by atoms with Crippen molar-refractivity contribution >= 4 is 5.71 Å². The van der Waals surface area contributed by atoms with Crippen LogP contribution in [-0.4, -0.2) is 11.8 Å². The van der Waals surface area contributed by atoms with Gasteiger partial charge in [-0.2, -0.15) is 0 Å². The van der Waals surface area contributed by atoms with Gasteiger partial charge >= 0.3 is 0 Å². The van der Waals surface area contributed by atoms with Crippen molar-refractivity contribution in [1.29, 1.82) is 0 Å². The maximum atomic E-state index is 5.32. The van der Waals surface area contributed by atoms with Gasteiger partial charge in [0.1, 0.15) is 6.10 Å². The molecule has 2 aliphatic carbocycles. The number of hydrogen-bond acceptors (Lipinski definition) is 2. The molecule has 0 bridgehead atoms. The molecule has 0 radical (unpaired) electrons. The van der Waals surface area contributed by atoms with Gasteiger partial charge in [-0.3, -0.25) is 0 Å². The zero-order valence-electron chi connectivity index (χ0n) is 7.05. The van der Waals surface area contributed by atoms with Crippen molar-refractivity contribution in [3.8, 4) is 0 Å². The molecule has 11 heavy (non-hydrogen) atoms. The topological polar surface area (TPSA) is 21.6 Å². The Morgan fingerprint density at radius 2 is 2.09 bits per heavy atom. The van der Waals surface area contributed by atoms with Crippen LogP contribution in [0.1, 0.15) is 39.0 Å². The zero-order valence-corrected chi connectivity index (χ0v) is 7.05. The van der Waals surface area contributed by atoms with Gasteiger partial charge in [0.25, 0.3) is 0 Å². The number of nitrogens with zero attached hydrogens (tertiary/aromatic N) is 1. The highest BCUT2D eigenvalue weighted by atomic mass is 16.6. The summed E-state index contributed by atoms with van der Waals surface area (Å²) in [6.45, 7) is 2.25. The lowest BCUT2D eigenvalue weighted by Gasteiger charge is -2.27. The molecule has 0 aromatic rings. The molecule has 0 N–H and O–H groups in total. The van der Waals surface area contributed by atoms with Crippen LogP contribution >= 0.6 is 0 Å². The van der Waals surface area contributed by atoms with E-state index in [-0.39, 0.29) is 0 Å². The summed E-state index contributed by atoms with van der Waals surface area (Å²) in [6, 6.07) is 0. The molecule has 0 unspecified atom stereocenters. The van der Waals surface area contributed by atoms with Gasteiger partial charge in [-0.25, -0.2) is 0 Å². The first-order valence-corrected chi connectivity index (χ1v) is 4.56. The molecule has 2 heteroatoms. The fourth-order valence-electron chi connectivity index (χ4n) is 1.44. The summed E-state index contributed by atoms with van der Waals surface area (Å²) in [5.41, 5.74) is 1.27. The molecule has 0 heterocycles. The Morgan fingerprint density at radius 1 is 1.36 bits per heavy atom. The Morgan fingerprint density at radius 3 is 2.55 bits per heavy atom. The minimum absolute atomic E-state index is 0.457. The standard InChI is InChI=1S/C9H15NO/c1-7-5-8(6-7)10-11-9-3-2-4-9/h7,9H,2-6H2,1H3. The van der Waals surface area contributed by atoms with Crippen LogP contribution in [0.25, 0.3) is 0 Å². The molecule has 0 aliphatic heterocycles. The van der Waals surface area contributed by atoms with E-state index >= 15 is 0 Å². The normalized spacial score (nSPS) is 30.6. The summed E-state index contributed by atoms with van der Waals surface area (Å²) in [5.74, 6) is 0.846. The van der Waals surface area contributed by atoms with Crippen LogP contribution < -0.4 is 0 Å². The highest BCUT2D eigenvalue weighted by Gasteiger charge is 2.23. The van der Waals surface area contributed by atoms with E-state index in [9.17, 15) is 0 Å². The van der Waals surface area contributed by atoms with E-state index < -0.39 is 0 Å². The van der Waals surface area contributed by atoms with Crippen LogP contribution in [0.5, 0.6) is 0 Å². The molecule has 2 saturated carbocycles. The average Bonchev–Trinajstić information content (AvgIpc) is 1.80. The molecule has 2 nitrogen and oxygen atoms in total. The second kappa shape index (κ2) is 2.84. The van der Waals surface area contributed by atoms with Gasteiger partial charge in [0.2, 0.25) is 0 Å². The highest BCUT2D eigenvalue weighted by molar-refractivity contribution is 5.89. The molecular formula is C9H15NO. The zero-order chi connectivity index (χ0) is 7.68. The largest absolute Gasteiger partial charge is 0.393 e. The molecule has 2 fully saturated rings. The number of rotatable bonds is 2. The minimum Gasteiger partial charge on any atom is -0.393 e. The Hall–Kier alpha value is -0.530. The second-order valence-corrected chi connectivity index (χ2v) is 3.83. The third kappa shape index (κ3) is 1.55. The second-order valence-electron chi connectivity index (χ2n) is 3.83. The van der Waals surface area contributed by atoms with E-state index in [0.717, 1.165) is 18.8 Å². The Labute approximate surface area is 67.6 Å². The molecule has 2 aliphatic rings. The summed E-state index contributed by atoms with van der Waals surface area (Å²) in [6.07, 6.45) is 6.53. The van der Waals surface area contributed by atoms with Crippen LogP contribution in [0.4, 0.5) is 0 Å². The van der Waals surface area contributed by atoms with Gasteiger partial charge in [-0.05, 0) is 38.0 Å². The maximum absolute atomic E-state index is 5.32. The Balaban J connectivity index is 1.68. The first kappa shape index (κ1) is 7.14. The smallest absolute Gasteiger partial charge is 0.127 e. The molecule has 0 saturated heterocycles. The van der Waals surface area contributed by atoms with E-state index in [1.807, 2.05) is 0 Å². The minimum atomic E-state index is 0.457. The van der Waals surface area contributed by atoms with Gasteiger partial charge < -0.3 is 4.84 Å². The van der Waals surface area contributed by atoms with Gasteiger partial charge in [-0.1, -0.05) is 12.1 Å². The van der Waals surface area contributed by atoms with E-state index in [1.54, 1.807) is 0 Å². The first-order chi connectivity index (χ1) is 5.34. The van der Waals surface area contributed by atoms with Crippen molar-refractivity contribution in [2.75, 3.05) is 0 Å². The highest BCUT2D eigenvalue weighted by Crippen LogP contribution is 2.26. The fourth-order valence-corrected chi connectivity index (χ4v) is 1.44. The summed E-state index contributed by atoms with van der Waals surface area (Å²) in [4.78, 5) is 5.32. The SMILES string of the molecule is CC1CC(=NOC2CCC2)C1. The Bertz CT molecular complexity index is 164. The molecule has 0 aromatic carbocycles. The maximum Gasteiger partial charge on any atom is 0.127 e. The van der Waals surface area contributed by atoms with Gasteiger partial charge in [-0.15, -0.1) is 0 Å². The third-order valence-electron chi connectivity index (χ3n) is 2.55. The monoisotopic (exact) mass is 153 g/mol. The van der Waals surface area contributed by atoms with E-state index in [4.69, 9.17) is 4.84 Å². The lowest BCUT2D eigenvalue weighted by molar-refractivity contribution is 0.00425. The summed E-state index contributed by atoms with van der Waals surface area (Å²) >= 11 is 0. The average molecular weight is 153 g/mol. The van der Waals surface area contributed by atoms with E-state index in [2.05, 4.69) is 12.1 Å². The van der Waals surface area contributed by atoms with Crippen molar-refractivity contribution < 1.29 is 4.84 Å². The summed E-state index contributed by atoms with van der Waals surface area (Å²) in [7, 11) is 0. The van der Waals surface area contributed by atoms with Crippen molar-refractivity contribution in [3.05, 3.63) is 0 Å². The first-order valence-electron chi connectivity index (χ1n) is 4.56.